The van der Waals surface area contributed by atoms with Gasteiger partial charge in [-0.2, -0.15) is 0 Å². The van der Waals surface area contributed by atoms with E-state index in [1.165, 1.54) is 12.1 Å². The molecule has 112 valence electrons. The number of phenolic OH excluding ortho intramolecular Hbond substituents is 1. The van der Waals surface area contributed by atoms with E-state index >= 15 is 0 Å². The van der Waals surface area contributed by atoms with Crippen LogP contribution in [0.5, 0.6) is 5.75 Å². The third-order valence-corrected chi connectivity index (χ3v) is 4.87. The molecule has 1 N–H and O–H groups in total. The van der Waals surface area contributed by atoms with Crippen molar-refractivity contribution in [3.63, 3.8) is 0 Å². The number of rotatable bonds is 2. The van der Waals surface area contributed by atoms with Crippen LogP contribution >= 0.6 is 0 Å². The highest BCUT2D eigenvalue weighted by atomic mass is 19.1. The molecule has 0 aliphatic heterocycles. The predicted molar refractivity (Wildman–Crippen MR) is 76.8 cm³/mol. The van der Waals surface area contributed by atoms with Crippen LogP contribution in [0.25, 0.3) is 0 Å². The fourth-order valence-corrected chi connectivity index (χ4v) is 3.64. The number of hydrogen-bond acceptors (Lipinski definition) is 1. The molecule has 0 aromatic heterocycles. The van der Waals surface area contributed by atoms with Gasteiger partial charge in [-0.1, -0.05) is 34.6 Å². The molecule has 1 fully saturated rings. The fraction of sp³-hybridized carbons (Fsp3) is 0.647. The monoisotopic (exact) mass is 282 g/mol. The molecule has 1 atom stereocenters. The Kier molecular flexibility index (Phi) is 3.39. The first-order chi connectivity index (χ1) is 8.98. The molecular weight excluding hydrogens is 258 g/mol. The molecule has 3 heteroatoms. The van der Waals surface area contributed by atoms with Crippen LogP contribution in [0.2, 0.25) is 0 Å². The minimum Gasteiger partial charge on any atom is -0.503 e. The summed E-state index contributed by atoms with van der Waals surface area (Å²) in [6.45, 7) is 10.8. The first-order valence-electron chi connectivity index (χ1n) is 7.17. The largest absolute Gasteiger partial charge is 0.503 e. The Balaban J connectivity index is 2.54. The van der Waals surface area contributed by atoms with E-state index in [9.17, 15) is 13.9 Å². The van der Waals surface area contributed by atoms with Crippen molar-refractivity contribution in [1.82, 2.24) is 0 Å². The normalized spacial score (nSPS) is 25.4. The van der Waals surface area contributed by atoms with E-state index in [1.807, 2.05) is 0 Å². The average molecular weight is 282 g/mol. The van der Waals surface area contributed by atoms with Crippen LogP contribution in [0.3, 0.4) is 0 Å². The highest BCUT2D eigenvalue weighted by Crippen LogP contribution is 2.62. The molecule has 20 heavy (non-hydrogen) atoms. The predicted octanol–water partition coefficient (Wildman–Crippen LogP) is 5.16. The lowest BCUT2D eigenvalue weighted by Gasteiger charge is -2.59. The highest BCUT2D eigenvalue weighted by Gasteiger charge is 2.55. The molecule has 0 radical (unpaired) electrons. The van der Waals surface area contributed by atoms with Gasteiger partial charge in [0.05, 0.1) is 0 Å². The van der Waals surface area contributed by atoms with Crippen molar-refractivity contribution in [2.24, 2.45) is 10.8 Å². The van der Waals surface area contributed by atoms with E-state index < -0.39 is 17.4 Å². The molecule has 1 aromatic rings. The summed E-state index contributed by atoms with van der Waals surface area (Å²) in [6.07, 6.45) is 2.85. The van der Waals surface area contributed by atoms with Gasteiger partial charge in [-0.15, -0.1) is 0 Å². The first-order valence-corrected chi connectivity index (χ1v) is 7.17. The van der Waals surface area contributed by atoms with E-state index in [2.05, 4.69) is 34.6 Å². The maximum Gasteiger partial charge on any atom is 0.187 e. The van der Waals surface area contributed by atoms with Crippen LogP contribution in [0.1, 0.15) is 59.4 Å². The van der Waals surface area contributed by atoms with Crippen molar-refractivity contribution in [3.8, 4) is 5.75 Å². The maximum absolute atomic E-state index is 13.7. The number of halogens is 2. The number of benzene rings is 1. The molecule has 1 nitrogen and oxygen atoms in total. The van der Waals surface area contributed by atoms with Gasteiger partial charge in [0, 0.05) is 5.41 Å². The smallest absolute Gasteiger partial charge is 0.187 e. The zero-order valence-corrected chi connectivity index (χ0v) is 13.0. The second-order valence-corrected chi connectivity index (χ2v) is 7.99. The van der Waals surface area contributed by atoms with Crippen molar-refractivity contribution in [1.29, 1.82) is 0 Å². The third-order valence-electron chi connectivity index (χ3n) is 4.87. The van der Waals surface area contributed by atoms with Crippen molar-refractivity contribution in [3.05, 3.63) is 29.3 Å². The Labute approximate surface area is 120 Å². The lowest BCUT2D eigenvalue weighted by molar-refractivity contribution is -0.00797. The van der Waals surface area contributed by atoms with Gasteiger partial charge in [-0.05, 0) is 47.8 Å². The van der Waals surface area contributed by atoms with Gasteiger partial charge in [0.2, 0.25) is 0 Å². The van der Waals surface area contributed by atoms with Crippen molar-refractivity contribution < 1.29 is 13.9 Å². The number of phenols is 1. The van der Waals surface area contributed by atoms with Crippen molar-refractivity contribution in [2.45, 2.75) is 59.3 Å². The standard InChI is InChI=1S/C17H24F2O/c1-15(2,3)10-17(7-6-16(17,4)5)11-8-12(18)14(20)13(19)9-11/h8-9,20H,6-7,10H2,1-5H3. The van der Waals surface area contributed by atoms with E-state index in [1.54, 1.807) is 0 Å². The Morgan fingerprint density at radius 2 is 1.60 bits per heavy atom. The van der Waals surface area contributed by atoms with Crippen LogP contribution in [0.15, 0.2) is 12.1 Å². The fourth-order valence-electron chi connectivity index (χ4n) is 3.64. The molecule has 1 aliphatic rings. The molecule has 1 unspecified atom stereocenters. The maximum atomic E-state index is 13.7. The van der Waals surface area contributed by atoms with Gasteiger partial charge in [-0.3, -0.25) is 0 Å². The molecule has 2 rings (SSSR count). The van der Waals surface area contributed by atoms with Crippen LogP contribution in [0.4, 0.5) is 8.78 Å². The molecule has 0 spiro atoms. The third kappa shape index (κ3) is 2.32. The molecule has 0 bridgehead atoms. The average Bonchev–Trinajstić information content (AvgIpc) is 2.29. The molecule has 0 amide bonds. The number of aromatic hydroxyl groups is 1. The Bertz CT molecular complexity index is 505. The summed E-state index contributed by atoms with van der Waals surface area (Å²) in [6, 6.07) is 2.62. The van der Waals surface area contributed by atoms with E-state index in [-0.39, 0.29) is 16.2 Å². The Hall–Kier alpha value is -1.12. The minimum atomic E-state index is -0.878. The van der Waals surface area contributed by atoms with E-state index in [0.717, 1.165) is 19.3 Å². The summed E-state index contributed by atoms with van der Waals surface area (Å²) < 4.78 is 27.5. The van der Waals surface area contributed by atoms with Crippen LogP contribution < -0.4 is 0 Å². The molecule has 1 aromatic carbocycles. The minimum absolute atomic E-state index is 0.0101. The van der Waals surface area contributed by atoms with Gasteiger partial charge >= 0.3 is 0 Å². The van der Waals surface area contributed by atoms with Gasteiger partial charge in [-0.25, -0.2) is 8.78 Å². The van der Waals surface area contributed by atoms with Gasteiger partial charge < -0.3 is 5.11 Å². The second-order valence-electron chi connectivity index (χ2n) is 7.99. The zero-order chi connectivity index (χ0) is 15.3. The number of hydrogen-bond donors (Lipinski definition) is 1. The lowest BCUT2D eigenvalue weighted by Crippen LogP contribution is -2.53. The molecule has 0 saturated heterocycles. The lowest BCUT2D eigenvalue weighted by atomic mass is 9.45. The summed E-state index contributed by atoms with van der Waals surface area (Å²) in [5.41, 5.74) is 0.538. The second kappa shape index (κ2) is 4.44. The molecule has 1 aliphatic carbocycles. The summed E-state index contributed by atoms with van der Waals surface area (Å²) >= 11 is 0. The van der Waals surface area contributed by atoms with Crippen LogP contribution in [-0.2, 0) is 5.41 Å². The van der Waals surface area contributed by atoms with Gasteiger partial charge in [0.15, 0.2) is 17.4 Å². The SMILES string of the molecule is CC(C)(C)CC1(c2cc(F)c(O)c(F)c2)CCC1(C)C. The topological polar surface area (TPSA) is 20.2 Å². The first kappa shape index (κ1) is 15.3. The quantitative estimate of drug-likeness (QED) is 0.794. The van der Waals surface area contributed by atoms with Gasteiger partial charge in [0.1, 0.15) is 0 Å². The van der Waals surface area contributed by atoms with Crippen LogP contribution in [0, 0.1) is 22.5 Å². The Morgan fingerprint density at radius 1 is 1.10 bits per heavy atom. The summed E-state index contributed by atoms with van der Waals surface area (Å²) in [5, 5.41) is 9.30. The zero-order valence-electron chi connectivity index (χ0n) is 13.0. The molecule has 1 saturated carbocycles. The summed E-state index contributed by atoms with van der Waals surface area (Å²) in [5.74, 6) is -2.61. The summed E-state index contributed by atoms with van der Waals surface area (Å²) in [7, 11) is 0. The highest BCUT2D eigenvalue weighted by molar-refractivity contribution is 5.38. The van der Waals surface area contributed by atoms with E-state index in [0.29, 0.717) is 5.56 Å². The van der Waals surface area contributed by atoms with Crippen LogP contribution in [-0.4, -0.2) is 5.11 Å². The molecule has 0 heterocycles. The van der Waals surface area contributed by atoms with Gasteiger partial charge in [0.25, 0.3) is 0 Å². The van der Waals surface area contributed by atoms with E-state index in [4.69, 9.17) is 0 Å². The summed E-state index contributed by atoms with van der Waals surface area (Å²) in [4.78, 5) is 0. The van der Waals surface area contributed by atoms with Crippen molar-refractivity contribution >= 4 is 0 Å². The Morgan fingerprint density at radius 3 is 1.90 bits per heavy atom. The molecular formula is C17H24F2O. The van der Waals surface area contributed by atoms with Crippen molar-refractivity contribution in [2.75, 3.05) is 0 Å².